The Balaban J connectivity index is 2.02. The molecule has 0 aromatic carbocycles. The van der Waals surface area contributed by atoms with Gasteiger partial charge in [-0.15, -0.1) is 0 Å². The summed E-state index contributed by atoms with van der Waals surface area (Å²) in [5, 5.41) is 3.60. The maximum atomic E-state index is 5.85. The highest BCUT2D eigenvalue weighted by molar-refractivity contribution is 5.14. The second-order valence-electron chi connectivity index (χ2n) is 5.05. The lowest BCUT2D eigenvalue weighted by molar-refractivity contribution is 0.160. The van der Waals surface area contributed by atoms with Gasteiger partial charge in [0.2, 0.25) is 0 Å². The molecule has 3 unspecified atom stereocenters. The first-order valence-corrected chi connectivity index (χ1v) is 6.57. The van der Waals surface area contributed by atoms with E-state index in [-0.39, 0.29) is 0 Å². The summed E-state index contributed by atoms with van der Waals surface area (Å²) in [4.78, 5) is 0. The van der Waals surface area contributed by atoms with Gasteiger partial charge in [0, 0.05) is 7.11 Å². The van der Waals surface area contributed by atoms with Gasteiger partial charge in [-0.25, -0.2) is 0 Å². The normalized spacial score (nSPS) is 24.9. The van der Waals surface area contributed by atoms with Crippen LogP contribution in [0.1, 0.15) is 44.3 Å². The maximum Gasteiger partial charge on any atom is 0.129 e. The summed E-state index contributed by atoms with van der Waals surface area (Å²) in [7, 11) is 1.69. The number of hydrogen-bond donors (Lipinski definition) is 1. The van der Waals surface area contributed by atoms with Crippen molar-refractivity contribution in [2.24, 2.45) is 11.8 Å². The zero-order valence-corrected chi connectivity index (χ0v) is 11.0. The molecule has 0 saturated heterocycles. The highest BCUT2D eigenvalue weighted by atomic mass is 16.5. The third kappa shape index (κ3) is 3.11. The highest BCUT2D eigenvalue weighted by Crippen LogP contribution is 2.47. The second-order valence-corrected chi connectivity index (χ2v) is 5.05. The van der Waals surface area contributed by atoms with Gasteiger partial charge in [0.1, 0.15) is 18.1 Å². The van der Waals surface area contributed by atoms with Crippen LogP contribution in [-0.2, 0) is 11.3 Å². The van der Waals surface area contributed by atoms with Gasteiger partial charge in [-0.2, -0.15) is 0 Å². The summed E-state index contributed by atoms with van der Waals surface area (Å²) in [5.41, 5.74) is 0. The van der Waals surface area contributed by atoms with Crippen LogP contribution in [0.4, 0.5) is 0 Å². The molecule has 1 saturated carbocycles. The van der Waals surface area contributed by atoms with Crippen molar-refractivity contribution in [3.63, 3.8) is 0 Å². The van der Waals surface area contributed by atoms with Gasteiger partial charge in [-0.3, -0.25) is 0 Å². The van der Waals surface area contributed by atoms with Crippen molar-refractivity contribution >= 4 is 0 Å². The third-order valence-electron chi connectivity index (χ3n) is 3.49. The van der Waals surface area contributed by atoms with Crippen molar-refractivity contribution in [2.75, 3.05) is 13.7 Å². The minimum absolute atomic E-state index is 0.385. The maximum absolute atomic E-state index is 5.85. The Bertz CT molecular complexity index is 348. The molecule has 3 atom stereocenters. The fourth-order valence-corrected chi connectivity index (χ4v) is 2.36. The smallest absolute Gasteiger partial charge is 0.129 e. The van der Waals surface area contributed by atoms with Crippen LogP contribution in [0.25, 0.3) is 0 Å². The molecular weight excluding hydrogens is 214 g/mol. The predicted octanol–water partition coefficient (Wildman–Crippen LogP) is 3.12. The Labute approximate surface area is 104 Å². The van der Waals surface area contributed by atoms with Crippen LogP contribution in [0.2, 0.25) is 0 Å². The fourth-order valence-electron chi connectivity index (χ4n) is 2.36. The van der Waals surface area contributed by atoms with Gasteiger partial charge < -0.3 is 14.5 Å². The van der Waals surface area contributed by atoms with Crippen molar-refractivity contribution in [3.8, 4) is 0 Å². The summed E-state index contributed by atoms with van der Waals surface area (Å²) in [6, 6.07) is 4.50. The SMILES string of the molecule is CCCNC(c1ccc(COC)o1)C1CC1C. The molecule has 0 amide bonds. The number of ether oxygens (including phenoxy) is 1. The molecule has 1 aliphatic rings. The van der Waals surface area contributed by atoms with E-state index in [2.05, 4.69) is 25.2 Å². The average Bonchev–Trinajstić information content (AvgIpc) is 2.85. The Morgan fingerprint density at radius 1 is 1.53 bits per heavy atom. The molecule has 1 aromatic heterocycles. The second kappa shape index (κ2) is 5.69. The van der Waals surface area contributed by atoms with Crippen molar-refractivity contribution in [1.82, 2.24) is 5.32 Å². The highest BCUT2D eigenvalue weighted by Gasteiger charge is 2.41. The summed E-state index contributed by atoms with van der Waals surface area (Å²) in [6.07, 6.45) is 2.46. The molecule has 3 heteroatoms. The van der Waals surface area contributed by atoms with E-state index >= 15 is 0 Å². The van der Waals surface area contributed by atoms with E-state index in [1.807, 2.05) is 6.07 Å². The first-order chi connectivity index (χ1) is 8.26. The monoisotopic (exact) mass is 237 g/mol. The molecule has 1 N–H and O–H groups in total. The first kappa shape index (κ1) is 12.7. The van der Waals surface area contributed by atoms with Crippen LogP contribution in [0.3, 0.4) is 0 Å². The lowest BCUT2D eigenvalue weighted by Crippen LogP contribution is -2.24. The van der Waals surface area contributed by atoms with Crippen LogP contribution in [-0.4, -0.2) is 13.7 Å². The van der Waals surface area contributed by atoms with Crippen molar-refractivity contribution in [2.45, 2.75) is 39.3 Å². The largest absolute Gasteiger partial charge is 0.462 e. The zero-order chi connectivity index (χ0) is 12.3. The third-order valence-corrected chi connectivity index (χ3v) is 3.49. The minimum Gasteiger partial charge on any atom is -0.462 e. The van der Waals surface area contributed by atoms with Crippen molar-refractivity contribution in [3.05, 3.63) is 23.7 Å². The molecule has 2 rings (SSSR count). The Morgan fingerprint density at radius 3 is 2.88 bits per heavy atom. The molecule has 1 aromatic rings. The molecular formula is C14H23NO2. The van der Waals surface area contributed by atoms with E-state index in [1.54, 1.807) is 7.11 Å². The average molecular weight is 237 g/mol. The number of rotatable bonds is 7. The summed E-state index contributed by atoms with van der Waals surface area (Å²) in [5.74, 6) is 3.54. The molecule has 0 spiro atoms. The molecule has 96 valence electrons. The van der Waals surface area contributed by atoms with E-state index in [9.17, 15) is 0 Å². The molecule has 17 heavy (non-hydrogen) atoms. The number of hydrogen-bond acceptors (Lipinski definition) is 3. The Hall–Kier alpha value is -0.800. The van der Waals surface area contributed by atoms with Gasteiger partial charge in [0.15, 0.2) is 0 Å². The molecule has 0 radical (unpaired) electrons. The van der Waals surface area contributed by atoms with Crippen molar-refractivity contribution in [1.29, 1.82) is 0 Å². The number of nitrogens with one attached hydrogen (secondary N) is 1. The molecule has 1 aliphatic carbocycles. The predicted molar refractivity (Wildman–Crippen MR) is 67.7 cm³/mol. The standard InChI is InChI=1S/C14H23NO2/c1-4-7-15-14(12-8-10(12)2)13-6-5-11(17-13)9-16-3/h5-6,10,12,14-15H,4,7-9H2,1-3H3. The van der Waals surface area contributed by atoms with E-state index in [1.165, 1.54) is 6.42 Å². The summed E-state index contributed by atoms with van der Waals surface area (Å²) in [6.45, 7) is 6.11. The van der Waals surface area contributed by atoms with Gasteiger partial charge in [0.25, 0.3) is 0 Å². The van der Waals surface area contributed by atoms with Gasteiger partial charge in [-0.1, -0.05) is 13.8 Å². The lowest BCUT2D eigenvalue weighted by Gasteiger charge is -2.16. The number of methoxy groups -OCH3 is 1. The van der Waals surface area contributed by atoms with E-state index < -0.39 is 0 Å². The topological polar surface area (TPSA) is 34.4 Å². The molecule has 3 nitrogen and oxygen atoms in total. The van der Waals surface area contributed by atoms with Gasteiger partial charge in [0.05, 0.1) is 6.04 Å². The Kier molecular flexibility index (Phi) is 4.24. The fraction of sp³-hybridized carbons (Fsp3) is 0.714. The van der Waals surface area contributed by atoms with Crippen LogP contribution in [0.15, 0.2) is 16.5 Å². The van der Waals surface area contributed by atoms with Crippen LogP contribution in [0.5, 0.6) is 0 Å². The van der Waals surface area contributed by atoms with E-state index in [4.69, 9.17) is 9.15 Å². The first-order valence-electron chi connectivity index (χ1n) is 6.57. The molecule has 1 fully saturated rings. The molecule has 1 heterocycles. The lowest BCUT2D eigenvalue weighted by atomic mass is 10.1. The van der Waals surface area contributed by atoms with E-state index in [0.29, 0.717) is 12.6 Å². The molecule has 0 aliphatic heterocycles. The van der Waals surface area contributed by atoms with Crippen LogP contribution in [0, 0.1) is 11.8 Å². The minimum atomic E-state index is 0.385. The Morgan fingerprint density at radius 2 is 2.29 bits per heavy atom. The van der Waals surface area contributed by atoms with Crippen LogP contribution >= 0.6 is 0 Å². The van der Waals surface area contributed by atoms with Gasteiger partial charge in [-0.05, 0) is 43.4 Å². The quantitative estimate of drug-likeness (QED) is 0.791. The zero-order valence-electron chi connectivity index (χ0n) is 11.0. The molecule has 0 bridgehead atoms. The van der Waals surface area contributed by atoms with E-state index in [0.717, 1.165) is 36.3 Å². The summed E-state index contributed by atoms with van der Waals surface area (Å²) >= 11 is 0. The summed E-state index contributed by atoms with van der Waals surface area (Å²) < 4.78 is 10.9. The number of furan rings is 1. The van der Waals surface area contributed by atoms with Gasteiger partial charge >= 0.3 is 0 Å². The van der Waals surface area contributed by atoms with Crippen molar-refractivity contribution < 1.29 is 9.15 Å². The van der Waals surface area contributed by atoms with Crippen LogP contribution < -0.4 is 5.32 Å².